The first-order valence-corrected chi connectivity index (χ1v) is 7.44. The second-order valence-electron chi connectivity index (χ2n) is 5.52. The average molecular weight is 288 g/mol. The van der Waals surface area contributed by atoms with Gasteiger partial charge in [-0.15, -0.1) is 0 Å². The first-order valence-electron chi connectivity index (χ1n) is 7.06. The zero-order chi connectivity index (χ0) is 14.7. The van der Waals surface area contributed by atoms with Crippen molar-refractivity contribution in [3.05, 3.63) is 69.7 Å². The molecular formula is C18H22ClN. The fraction of sp³-hybridized carbons (Fsp3) is 0.333. The van der Waals surface area contributed by atoms with Gasteiger partial charge in [0.25, 0.3) is 0 Å². The van der Waals surface area contributed by atoms with Gasteiger partial charge in [-0.2, -0.15) is 0 Å². The third-order valence-corrected chi connectivity index (χ3v) is 4.02. The van der Waals surface area contributed by atoms with Crippen LogP contribution in [0.4, 0.5) is 0 Å². The van der Waals surface area contributed by atoms with E-state index in [1.165, 1.54) is 22.3 Å². The molecule has 1 N–H and O–H groups in total. The molecule has 0 amide bonds. The van der Waals surface area contributed by atoms with Gasteiger partial charge in [-0.3, -0.25) is 0 Å². The average Bonchev–Trinajstić information content (AvgIpc) is 2.42. The van der Waals surface area contributed by atoms with Gasteiger partial charge < -0.3 is 5.32 Å². The molecule has 0 heterocycles. The minimum absolute atomic E-state index is 0.294. The number of rotatable bonds is 4. The van der Waals surface area contributed by atoms with Crippen LogP contribution in [0, 0.1) is 13.8 Å². The normalized spacial score (nSPS) is 14.1. The summed E-state index contributed by atoms with van der Waals surface area (Å²) in [6.45, 7) is 8.71. The lowest BCUT2D eigenvalue weighted by Crippen LogP contribution is -2.23. The minimum Gasteiger partial charge on any atom is -0.304 e. The number of nitrogens with one attached hydrogen (secondary N) is 1. The molecule has 0 saturated carbocycles. The molecule has 0 aliphatic rings. The van der Waals surface area contributed by atoms with E-state index in [4.69, 9.17) is 11.6 Å². The van der Waals surface area contributed by atoms with Crippen molar-refractivity contribution in [2.75, 3.05) is 0 Å². The standard InChI is InChI=1S/C18H22ClN/c1-12-5-6-13(2)18(11-12)15(4)20-14(3)16-7-9-17(19)10-8-16/h5-11,14-15,20H,1-4H3/t14-,15?/m1/s1. The predicted octanol–water partition coefficient (Wildman–Crippen LogP) is 5.37. The van der Waals surface area contributed by atoms with Crippen molar-refractivity contribution in [1.29, 1.82) is 0 Å². The molecule has 0 saturated heterocycles. The number of hydrogen-bond donors (Lipinski definition) is 1. The van der Waals surface area contributed by atoms with Crippen molar-refractivity contribution >= 4 is 11.6 Å². The summed E-state index contributed by atoms with van der Waals surface area (Å²) in [5.41, 5.74) is 5.26. The van der Waals surface area contributed by atoms with E-state index in [1.807, 2.05) is 12.1 Å². The molecule has 2 aromatic carbocycles. The highest BCUT2D eigenvalue weighted by atomic mass is 35.5. The van der Waals surface area contributed by atoms with Crippen LogP contribution in [0.15, 0.2) is 42.5 Å². The van der Waals surface area contributed by atoms with Crippen LogP contribution in [-0.2, 0) is 0 Å². The predicted molar refractivity (Wildman–Crippen MR) is 87.3 cm³/mol. The summed E-state index contributed by atoms with van der Waals surface area (Å²) in [6, 6.07) is 15.3. The van der Waals surface area contributed by atoms with Crippen LogP contribution in [-0.4, -0.2) is 0 Å². The maximum atomic E-state index is 5.94. The Labute approximate surface area is 127 Å². The summed E-state index contributed by atoms with van der Waals surface area (Å²) >= 11 is 5.94. The summed E-state index contributed by atoms with van der Waals surface area (Å²) < 4.78 is 0. The molecule has 20 heavy (non-hydrogen) atoms. The lowest BCUT2D eigenvalue weighted by atomic mass is 9.98. The van der Waals surface area contributed by atoms with E-state index >= 15 is 0 Å². The molecular weight excluding hydrogens is 266 g/mol. The Bertz CT molecular complexity index is 574. The Morgan fingerprint density at radius 2 is 1.55 bits per heavy atom. The molecule has 0 fully saturated rings. The molecule has 0 spiro atoms. The second-order valence-corrected chi connectivity index (χ2v) is 5.96. The molecule has 0 aliphatic heterocycles. The van der Waals surface area contributed by atoms with Crippen LogP contribution in [0.5, 0.6) is 0 Å². The first-order chi connectivity index (χ1) is 9.47. The van der Waals surface area contributed by atoms with Gasteiger partial charge in [0.2, 0.25) is 0 Å². The van der Waals surface area contributed by atoms with Gasteiger partial charge in [0, 0.05) is 17.1 Å². The quantitative estimate of drug-likeness (QED) is 0.797. The van der Waals surface area contributed by atoms with Crippen LogP contribution in [0.2, 0.25) is 5.02 Å². The third kappa shape index (κ3) is 3.62. The molecule has 0 radical (unpaired) electrons. The van der Waals surface area contributed by atoms with E-state index in [1.54, 1.807) is 0 Å². The van der Waals surface area contributed by atoms with E-state index in [9.17, 15) is 0 Å². The Hall–Kier alpha value is -1.31. The highest BCUT2D eigenvalue weighted by molar-refractivity contribution is 6.30. The topological polar surface area (TPSA) is 12.0 Å². The van der Waals surface area contributed by atoms with Crippen LogP contribution in [0.3, 0.4) is 0 Å². The summed E-state index contributed by atoms with van der Waals surface area (Å²) in [7, 11) is 0. The Balaban J connectivity index is 2.12. The zero-order valence-corrected chi connectivity index (χ0v) is 13.3. The lowest BCUT2D eigenvalue weighted by molar-refractivity contribution is 0.493. The van der Waals surface area contributed by atoms with E-state index in [2.05, 4.69) is 63.3 Å². The van der Waals surface area contributed by atoms with Gasteiger partial charge in [0.15, 0.2) is 0 Å². The maximum Gasteiger partial charge on any atom is 0.0406 e. The molecule has 0 bridgehead atoms. The highest BCUT2D eigenvalue weighted by Crippen LogP contribution is 2.23. The monoisotopic (exact) mass is 287 g/mol. The van der Waals surface area contributed by atoms with Gasteiger partial charge in [0.1, 0.15) is 0 Å². The van der Waals surface area contributed by atoms with Crippen LogP contribution >= 0.6 is 11.6 Å². The number of aryl methyl sites for hydroxylation is 2. The van der Waals surface area contributed by atoms with Crippen molar-refractivity contribution in [1.82, 2.24) is 5.32 Å². The fourth-order valence-electron chi connectivity index (χ4n) is 2.54. The van der Waals surface area contributed by atoms with Crippen LogP contribution in [0.1, 0.15) is 48.2 Å². The van der Waals surface area contributed by atoms with Crippen molar-refractivity contribution < 1.29 is 0 Å². The summed E-state index contributed by atoms with van der Waals surface area (Å²) in [5.74, 6) is 0. The largest absolute Gasteiger partial charge is 0.304 e. The van der Waals surface area contributed by atoms with Crippen LogP contribution < -0.4 is 5.32 Å². The van der Waals surface area contributed by atoms with Gasteiger partial charge in [0.05, 0.1) is 0 Å². The Morgan fingerprint density at radius 3 is 2.20 bits per heavy atom. The SMILES string of the molecule is Cc1ccc(C)c(C(C)N[C@H](C)c2ccc(Cl)cc2)c1. The molecule has 2 heteroatoms. The van der Waals surface area contributed by atoms with Crippen LogP contribution in [0.25, 0.3) is 0 Å². The lowest BCUT2D eigenvalue weighted by Gasteiger charge is -2.22. The summed E-state index contributed by atoms with van der Waals surface area (Å²) in [4.78, 5) is 0. The van der Waals surface area contributed by atoms with Crippen molar-refractivity contribution in [3.63, 3.8) is 0 Å². The summed E-state index contributed by atoms with van der Waals surface area (Å²) in [5, 5.41) is 4.44. The van der Waals surface area contributed by atoms with Gasteiger partial charge in [-0.25, -0.2) is 0 Å². The van der Waals surface area contributed by atoms with Gasteiger partial charge in [-0.05, 0) is 56.5 Å². The van der Waals surface area contributed by atoms with Crippen molar-refractivity contribution in [2.45, 2.75) is 39.8 Å². The second kappa shape index (κ2) is 6.43. The maximum absolute atomic E-state index is 5.94. The number of benzene rings is 2. The van der Waals surface area contributed by atoms with E-state index < -0.39 is 0 Å². The van der Waals surface area contributed by atoms with Crippen molar-refractivity contribution in [2.24, 2.45) is 0 Å². The molecule has 1 unspecified atom stereocenters. The van der Waals surface area contributed by atoms with E-state index in [0.717, 1.165) is 5.02 Å². The molecule has 106 valence electrons. The molecule has 1 nitrogen and oxygen atoms in total. The minimum atomic E-state index is 0.294. The molecule has 0 aromatic heterocycles. The Kier molecular flexibility index (Phi) is 4.85. The van der Waals surface area contributed by atoms with Gasteiger partial charge >= 0.3 is 0 Å². The first kappa shape index (κ1) is 15.1. The highest BCUT2D eigenvalue weighted by Gasteiger charge is 2.13. The van der Waals surface area contributed by atoms with E-state index in [0.29, 0.717) is 12.1 Å². The van der Waals surface area contributed by atoms with E-state index in [-0.39, 0.29) is 0 Å². The molecule has 2 aromatic rings. The smallest absolute Gasteiger partial charge is 0.0406 e. The molecule has 0 aliphatic carbocycles. The fourth-order valence-corrected chi connectivity index (χ4v) is 2.66. The van der Waals surface area contributed by atoms with Gasteiger partial charge in [-0.1, -0.05) is 47.5 Å². The van der Waals surface area contributed by atoms with Crippen molar-refractivity contribution in [3.8, 4) is 0 Å². The molecule has 2 rings (SSSR count). The Morgan fingerprint density at radius 1 is 0.900 bits per heavy atom. The zero-order valence-electron chi connectivity index (χ0n) is 12.6. The number of hydrogen-bond acceptors (Lipinski definition) is 1. The number of halogens is 1. The molecule has 2 atom stereocenters. The third-order valence-electron chi connectivity index (χ3n) is 3.77. The summed E-state index contributed by atoms with van der Waals surface area (Å²) in [6.07, 6.45) is 0.